The molecule has 0 atom stereocenters. The molecular formula is C22H24ClF3N4O. The van der Waals surface area contributed by atoms with Gasteiger partial charge in [-0.3, -0.25) is 4.79 Å². The van der Waals surface area contributed by atoms with Crippen molar-refractivity contribution in [1.82, 2.24) is 4.98 Å². The zero-order valence-electron chi connectivity index (χ0n) is 17.0. The van der Waals surface area contributed by atoms with Gasteiger partial charge in [-0.2, -0.15) is 13.2 Å². The second-order valence-corrected chi connectivity index (χ2v) is 8.40. The summed E-state index contributed by atoms with van der Waals surface area (Å²) in [6.07, 6.45) is -0.211. The Bertz CT molecular complexity index is 939. The maximum absolute atomic E-state index is 12.9. The molecule has 4 rings (SSSR count). The van der Waals surface area contributed by atoms with E-state index in [-0.39, 0.29) is 16.8 Å². The maximum Gasteiger partial charge on any atom is 0.417 e. The van der Waals surface area contributed by atoms with Gasteiger partial charge in [-0.25, -0.2) is 4.98 Å². The van der Waals surface area contributed by atoms with E-state index < -0.39 is 11.7 Å². The average Bonchev–Trinajstić information content (AvgIpc) is 3.28. The van der Waals surface area contributed by atoms with Crippen LogP contribution < -0.4 is 15.1 Å². The fourth-order valence-electron chi connectivity index (χ4n) is 4.22. The summed E-state index contributed by atoms with van der Waals surface area (Å²) in [7, 11) is 0. The van der Waals surface area contributed by atoms with E-state index in [4.69, 9.17) is 11.6 Å². The molecule has 0 radical (unpaired) electrons. The molecule has 1 amide bonds. The van der Waals surface area contributed by atoms with Crippen molar-refractivity contribution in [3.05, 3.63) is 47.1 Å². The SMILES string of the molecule is O=C(Nc1ccccc1N1CCCC1)C1CCN(c2ncc(C(F)(F)F)cc2Cl)CC1. The van der Waals surface area contributed by atoms with E-state index in [0.29, 0.717) is 31.7 Å². The molecule has 0 saturated carbocycles. The number of benzene rings is 1. The number of halogens is 4. The third-order valence-corrected chi connectivity index (χ3v) is 6.20. The molecule has 1 N–H and O–H groups in total. The molecule has 2 aliphatic rings. The van der Waals surface area contributed by atoms with Crippen LogP contribution in [0.3, 0.4) is 0 Å². The van der Waals surface area contributed by atoms with Crippen molar-refractivity contribution in [2.24, 2.45) is 5.92 Å². The minimum Gasteiger partial charge on any atom is -0.370 e. The van der Waals surface area contributed by atoms with Crippen molar-refractivity contribution < 1.29 is 18.0 Å². The summed E-state index contributed by atoms with van der Waals surface area (Å²) in [6, 6.07) is 8.74. The van der Waals surface area contributed by atoms with Crippen LogP contribution in [0.5, 0.6) is 0 Å². The van der Waals surface area contributed by atoms with Crippen LogP contribution in [-0.2, 0) is 11.0 Å². The third-order valence-electron chi connectivity index (χ3n) is 5.92. The number of amides is 1. The molecule has 0 spiro atoms. The van der Waals surface area contributed by atoms with Gasteiger partial charge in [0.2, 0.25) is 5.91 Å². The molecule has 2 aliphatic heterocycles. The van der Waals surface area contributed by atoms with Gasteiger partial charge in [-0.1, -0.05) is 23.7 Å². The Morgan fingerprint density at radius 2 is 1.74 bits per heavy atom. The van der Waals surface area contributed by atoms with Crippen molar-refractivity contribution in [2.45, 2.75) is 31.9 Å². The zero-order chi connectivity index (χ0) is 22.0. The second kappa shape index (κ2) is 8.94. The smallest absolute Gasteiger partial charge is 0.370 e. The number of aromatic nitrogens is 1. The van der Waals surface area contributed by atoms with Gasteiger partial charge in [0.1, 0.15) is 5.82 Å². The van der Waals surface area contributed by atoms with Gasteiger partial charge < -0.3 is 15.1 Å². The number of anilines is 3. The van der Waals surface area contributed by atoms with E-state index in [1.165, 1.54) is 0 Å². The highest BCUT2D eigenvalue weighted by Crippen LogP contribution is 2.35. The lowest BCUT2D eigenvalue weighted by molar-refractivity contribution is -0.137. The number of hydrogen-bond acceptors (Lipinski definition) is 4. The van der Waals surface area contributed by atoms with E-state index in [9.17, 15) is 18.0 Å². The van der Waals surface area contributed by atoms with Crippen LogP contribution in [0.25, 0.3) is 0 Å². The summed E-state index contributed by atoms with van der Waals surface area (Å²) in [5.74, 6) is 0.127. The topological polar surface area (TPSA) is 48.5 Å². The van der Waals surface area contributed by atoms with Crippen molar-refractivity contribution in [2.75, 3.05) is 41.3 Å². The van der Waals surface area contributed by atoms with Crippen LogP contribution >= 0.6 is 11.6 Å². The molecule has 1 aromatic carbocycles. The number of para-hydroxylation sites is 2. The predicted molar refractivity (Wildman–Crippen MR) is 116 cm³/mol. The third kappa shape index (κ3) is 4.89. The molecule has 0 bridgehead atoms. The molecular weight excluding hydrogens is 429 g/mol. The summed E-state index contributed by atoms with van der Waals surface area (Å²) < 4.78 is 38.5. The first kappa shape index (κ1) is 21.7. The highest BCUT2D eigenvalue weighted by atomic mass is 35.5. The molecule has 1 aromatic heterocycles. The summed E-state index contributed by atoms with van der Waals surface area (Å²) >= 11 is 6.07. The van der Waals surface area contributed by atoms with Gasteiger partial charge in [-0.15, -0.1) is 0 Å². The van der Waals surface area contributed by atoms with Crippen molar-refractivity contribution in [3.63, 3.8) is 0 Å². The quantitative estimate of drug-likeness (QED) is 0.692. The van der Waals surface area contributed by atoms with E-state index in [0.717, 1.165) is 49.6 Å². The van der Waals surface area contributed by atoms with Gasteiger partial charge in [0.25, 0.3) is 0 Å². The summed E-state index contributed by atoms with van der Waals surface area (Å²) in [5, 5.41) is 3.05. The molecule has 0 unspecified atom stereocenters. The lowest BCUT2D eigenvalue weighted by Crippen LogP contribution is -2.39. The number of nitrogens with one attached hydrogen (secondary N) is 1. The first-order valence-electron chi connectivity index (χ1n) is 10.5. The molecule has 9 heteroatoms. The first-order valence-corrected chi connectivity index (χ1v) is 10.8. The van der Waals surface area contributed by atoms with Gasteiger partial charge in [0.05, 0.1) is 22.0 Å². The second-order valence-electron chi connectivity index (χ2n) is 7.99. The molecule has 2 aromatic rings. The maximum atomic E-state index is 12.9. The van der Waals surface area contributed by atoms with Crippen LogP contribution in [-0.4, -0.2) is 37.1 Å². The van der Waals surface area contributed by atoms with Gasteiger partial charge in [0, 0.05) is 38.3 Å². The van der Waals surface area contributed by atoms with Gasteiger partial charge >= 0.3 is 6.18 Å². The largest absolute Gasteiger partial charge is 0.417 e. The minimum atomic E-state index is -4.48. The molecule has 2 saturated heterocycles. The van der Waals surface area contributed by atoms with E-state index >= 15 is 0 Å². The summed E-state index contributed by atoms with van der Waals surface area (Å²) in [4.78, 5) is 20.9. The van der Waals surface area contributed by atoms with E-state index in [2.05, 4.69) is 15.2 Å². The predicted octanol–water partition coefficient (Wildman–Crippen LogP) is 5.21. The zero-order valence-corrected chi connectivity index (χ0v) is 17.7. The van der Waals surface area contributed by atoms with Gasteiger partial charge in [-0.05, 0) is 43.9 Å². The monoisotopic (exact) mass is 452 g/mol. The summed E-state index contributed by atoms with van der Waals surface area (Å²) in [5.41, 5.74) is 1.00. The van der Waals surface area contributed by atoms with Crippen LogP contribution in [0.2, 0.25) is 5.02 Å². The molecule has 166 valence electrons. The molecule has 2 fully saturated rings. The van der Waals surface area contributed by atoms with Crippen LogP contribution in [0.4, 0.5) is 30.4 Å². The highest BCUT2D eigenvalue weighted by molar-refractivity contribution is 6.33. The van der Waals surface area contributed by atoms with Crippen LogP contribution in [0, 0.1) is 5.92 Å². The Balaban J connectivity index is 1.38. The highest BCUT2D eigenvalue weighted by Gasteiger charge is 2.33. The Labute approximate surface area is 184 Å². The van der Waals surface area contributed by atoms with Crippen molar-refractivity contribution in [1.29, 1.82) is 0 Å². The van der Waals surface area contributed by atoms with E-state index in [1.54, 1.807) is 0 Å². The van der Waals surface area contributed by atoms with Crippen molar-refractivity contribution >= 4 is 34.7 Å². The number of carbonyl (C=O) groups excluding carboxylic acids is 1. The molecule has 31 heavy (non-hydrogen) atoms. The number of carbonyl (C=O) groups is 1. The Morgan fingerprint density at radius 3 is 2.39 bits per heavy atom. The Hall–Kier alpha value is -2.48. The molecule has 3 heterocycles. The minimum absolute atomic E-state index is 0.0298. The molecule has 5 nitrogen and oxygen atoms in total. The standard InChI is InChI=1S/C22H24ClF3N4O/c23-17-13-16(22(24,25)26)14-27-20(17)30-11-7-15(8-12-30)21(31)28-18-5-1-2-6-19(18)29-9-3-4-10-29/h1-2,5-6,13-15H,3-4,7-12H2,(H,28,31). The number of hydrogen-bond donors (Lipinski definition) is 1. The number of piperidine rings is 1. The van der Waals surface area contributed by atoms with E-state index in [1.807, 2.05) is 29.2 Å². The number of rotatable bonds is 4. The number of alkyl halides is 3. The van der Waals surface area contributed by atoms with Gasteiger partial charge in [0.15, 0.2) is 0 Å². The van der Waals surface area contributed by atoms with Crippen molar-refractivity contribution in [3.8, 4) is 0 Å². The fraction of sp³-hybridized carbons (Fsp3) is 0.455. The number of pyridine rings is 1. The Morgan fingerprint density at radius 1 is 1.06 bits per heavy atom. The Kier molecular flexibility index (Phi) is 6.27. The number of nitrogens with zero attached hydrogens (tertiary/aromatic N) is 3. The summed E-state index contributed by atoms with van der Waals surface area (Å²) in [6.45, 7) is 2.99. The average molecular weight is 453 g/mol. The molecule has 0 aliphatic carbocycles. The first-order chi connectivity index (χ1) is 14.8. The van der Waals surface area contributed by atoms with Crippen LogP contribution in [0.15, 0.2) is 36.5 Å². The normalized spacial score (nSPS) is 17.8. The lowest BCUT2D eigenvalue weighted by atomic mass is 9.95. The van der Waals surface area contributed by atoms with Crippen LogP contribution in [0.1, 0.15) is 31.2 Å². The lowest BCUT2D eigenvalue weighted by Gasteiger charge is -2.33. The fourth-order valence-corrected chi connectivity index (χ4v) is 4.51.